The summed E-state index contributed by atoms with van der Waals surface area (Å²) in [7, 11) is 1.40. The highest BCUT2D eigenvalue weighted by Gasteiger charge is 2.34. The van der Waals surface area contributed by atoms with Gasteiger partial charge in [0.15, 0.2) is 23.0 Å². The van der Waals surface area contributed by atoms with Crippen LogP contribution in [0.15, 0.2) is 42.6 Å². The Bertz CT molecular complexity index is 926. The Balaban J connectivity index is 1.68. The third-order valence-corrected chi connectivity index (χ3v) is 6.16. The number of ether oxygens (including phenoxy) is 3. The van der Waals surface area contributed by atoms with Crippen molar-refractivity contribution in [2.75, 3.05) is 7.11 Å². The molecule has 1 aliphatic carbocycles. The van der Waals surface area contributed by atoms with Crippen molar-refractivity contribution in [3.05, 3.63) is 48.3 Å². The highest BCUT2D eigenvalue weighted by Crippen LogP contribution is 2.32. The number of ketones is 1. The molecule has 1 aromatic heterocycles. The Kier molecular flexibility index (Phi) is 8.69. The minimum atomic E-state index is -0.695. The van der Waals surface area contributed by atoms with Crippen molar-refractivity contribution in [1.82, 2.24) is 4.98 Å². The quantitative estimate of drug-likeness (QED) is 0.399. The summed E-state index contributed by atoms with van der Waals surface area (Å²) < 4.78 is 17.1. The predicted molar refractivity (Wildman–Crippen MR) is 124 cm³/mol. The fourth-order valence-electron chi connectivity index (χ4n) is 4.33. The number of pyridine rings is 1. The lowest BCUT2D eigenvalue weighted by Gasteiger charge is -2.34. The van der Waals surface area contributed by atoms with E-state index < -0.39 is 23.8 Å². The van der Waals surface area contributed by atoms with E-state index in [1.54, 1.807) is 6.92 Å². The maximum atomic E-state index is 13.0. The number of aromatic hydroxyl groups is 1. The molecule has 7 heteroatoms. The van der Waals surface area contributed by atoms with E-state index in [-0.39, 0.29) is 35.6 Å². The lowest BCUT2D eigenvalue weighted by atomic mass is 9.83. The Labute approximate surface area is 195 Å². The molecule has 0 radical (unpaired) electrons. The molecule has 0 aliphatic heterocycles. The van der Waals surface area contributed by atoms with E-state index in [2.05, 4.69) is 4.98 Å². The van der Waals surface area contributed by atoms with Crippen molar-refractivity contribution in [3.8, 4) is 17.2 Å². The first kappa shape index (κ1) is 24.6. The van der Waals surface area contributed by atoms with Gasteiger partial charge in [-0.25, -0.2) is 4.98 Å². The highest BCUT2D eigenvalue weighted by atomic mass is 16.6. The van der Waals surface area contributed by atoms with Gasteiger partial charge < -0.3 is 19.3 Å². The van der Waals surface area contributed by atoms with Crippen molar-refractivity contribution < 1.29 is 28.9 Å². The van der Waals surface area contributed by atoms with Crippen LogP contribution in [-0.2, 0) is 9.53 Å². The summed E-state index contributed by atoms with van der Waals surface area (Å²) in [5.74, 6) is -0.815. The molecule has 1 N–H and O–H groups in total. The van der Waals surface area contributed by atoms with Gasteiger partial charge in [-0.15, -0.1) is 0 Å². The van der Waals surface area contributed by atoms with Gasteiger partial charge in [0, 0.05) is 18.7 Å². The van der Waals surface area contributed by atoms with Crippen LogP contribution in [0.25, 0.3) is 0 Å². The number of para-hydroxylation sites is 1. The summed E-state index contributed by atoms with van der Waals surface area (Å²) in [6, 6.07) is 11.0. The predicted octanol–water partition coefficient (Wildman–Crippen LogP) is 4.96. The molecule has 2 aromatic rings. The van der Waals surface area contributed by atoms with Crippen LogP contribution in [0.1, 0.15) is 62.9 Å². The molecule has 1 saturated carbocycles. The fraction of sp³-hybridized carbons (Fsp3) is 0.500. The van der Waals surface area contributed by atoms with Crippen LogP contribution < -0.4 is 9.47 Å². The van der Waals surface area contributed by atoms with Gasteiger partial charge in [-0.3, -0.25) is 9.59 Å². The minimum absolute atomic E-state index is 0.112. The second kappa shape index (κ2) is 11.7. The summed E-state index contributed by atoms with van der Waals surface area (Å²) >= 11 is 0. The number of esters is 1. The van der Waals surface area contributed by atoms with E-state index in [9.17, 15) is 14.7 Å². The maximum Gasteiger partial charge on any atom is 0.309 e. The number of Topliss-reactive ketones (excluding diaryl/α,β-unsaturated/α-hetero) is 1. The normalized spacial score (nSPS) is 16.9. The third kappa shape index (κ3) is 6.46. The number of hydrogen-bond donors (Lipinski definition) is 1. The number of rotatable bonds is 10. The lowest BCUT2D eigenvalue weighted by molar-refractivity contribution is -0.163. The Morgan fingerprint density at radius 1 is 1.09 bits per heavy atom. The smallest absolute Gasteiger partial charge is 0.309 e. The van der Waals surface area contributed by atoms with Crippen LogP contribution in [0.3, 0.4) is 0 Å². The van der Waals surface area contributed by atoms with Crippen LogP contribution in [0, 0.1) is 11.8 Å². The molecular weight excluding hydrogens is 422 g/mol. The Morgan fingerprint density at radius 2 is 1.79 bits per heavy atom. The lowest BCUT2D eigenvalue weighted by Crippen LogP contribution is -2.41. The number of carbonyl (C=O) groups excluding carboxylic acids is 2. The second-order valence-electron chi connectivity index (χ2n) is 8.67. The summed E-state index contributed by atoms with van der Waals surface area (Å²) in [5.41, 5.74) is -0.112. The van der Waals surface area contributed by atoms with Gasteiger partial charge in [0.2, 0.25) is 0 Å². The number of benzene rings is 1. The SMILES string of the molecule is COc1ccnc(C(=O)C[C@@H](C)C(=O)O[C@H](C2CCCCC2)[C@H](C)Oc2ccccc2)c1O. The molecule has 0 saturated heterocycles. The third-order valence-electron chi connectivity index (χ3n) is 6.16. The number of nitrogens with zero attached hydrogens (tertiary/aromatic N) is 1. The first-order chi connectivity index (χ1) is 15.9. The fourth-order valence-corrected chi connectivity index (χ4v) is 4.33. The molecule has 0 bridgehead atoms. The van der Waals surface area contributed by atoms with Crippen molar-refractivity contribution in [2.45, 2.75) is 64.6 Å². The van der Waals surface area contributed by atoms with Gasteiger partial charge in [-0.05, 0) is 37.8 Å². The van der Waals surface area contributed by atoms with Gasteiger partial charge in [0.25, 0.3) is 0 Å². The Morgan fingerprint density at radius 3 is 2.45 bits per heavy atom. The molecule has 1 fully saturated rings. The average Bonchev–Trinajstić information content (AvgIpc) is 2.83. The first-order valence-corrected chi connectivity index (χ1v) is 11.6. The van der Waals surface area contributed by atoms with Crippen LogP contribution in [0.5, 0.6) is 17.2 Å². The summed E-state index contributed by atoms with van der Waals surface area (Å²) in [6.07, 6.45) is 5.88. The van der Waals surface area contributed by atoms with Gasteiger partial charge in [0.05, 0.1) is 13.0 Å². The van der Waals surface area contributed by atoms with E-state index in [0.717, 1.165) is 31.4 Å². The van der Waals surface area contributed by atoms with Crippen molar-refractivity contribution >= 4 is 11.8 Å². The first-order valence-electron chi connectivity index (χ1n) is 11.6. The van der Waals surface area contributed by atoms with E-state index in [1.165, 1.54) is 25.8 Å². The van der Waals surface area contributed by atoms with Gasteiger partial charge in [0.1, 0.15) is 18.0 Å². The van der Waals surface area contributed by atoms with Crippen molar-refractivity contribution in [1.29, 1.82) is 0 Å². The molecule has 3 rings (SSSR count). The average molecular weight is 456 g/mol. The molecule has 178 valence electrons. The van der Waals surface area contributed by atoms with E-state index in [4.69, 9.17) is 14.2 Å². The van der Waals surface area contributed by atoms with E-state index in [1.807, 2.05) is 37.3 Å². The molecule has 7 nitrogen and oxygen atoms in total. The molecule has 1 aromatic carbocycles. The molecule has 0 spiro atoms. The largest absolute Gasteiger partial charge is 0.503 e. The number of methoxy groups -OCH3 is 1. The number of aromatic nitrogens is 1. The topological polar surface area (TPSA) is 95.0 Å². The molecule has 1 heterocycles. The standard InChI is InChI=1S/C26H33NO6/c1-17(16-21(28)23-24(29)22(31-3)14-15-27-23)26(30)33-25(19-10-6-4-7-11-19)18(2)32-20-12-8-5-9-13-20/h5,8-9,12-15,17-19,25,29H,4,6-7,10-11,16H2,1-3H3/t17-,18+,25+/m1/s1. The molecule has 0 amide bonds. The minimum Gasteiger partial charge on any atom is -0.503 e. The zero-order chi connectivity index (χ0) is 23.8. The van der Waals surface area contributed by atoms with Crippen molar-refractivity contribution in [2.24, 2.45) is 11.8 Å². The van der Waals surface area contributed by atoms with Crippen LogP contribution in [0.2, 0.25) is 0 Å². The molecule has 0 unspecified atom stereocenters. The monoisotopic (exact) mass is 455 g/mol. The molecule has 3 atom stereocenters. The van der Waals surface area contributed by atoms with Gasteiger partial charge >= 0.3 is 5.97 Å². The maximum absolute atomic E-state index is 13.0. The highest BCUT2D eigenvalue weighted by molar-refractivity contribution is 5.99. The molecule has 33 heavy (non-hydrogen) atoms. The van der Waals surface area contributed by atoms with E-state index in [0.29, 0.717) is 0 Å². The van der Waals surface area contributed by atoms with Gasteiger partial charge in [-0.1, -0.05) is 44.4 Å². The van der Waals surface area contributed by atoms with Crippen LogP contribution in [-0.4, -0.2) is 41.2 Å². The Hall–Kier alpha value is -3.09. The van der Waals surface area contributed by atoms with Gasteiger partial charge in [-0.2, -0.15) is 0 Å². The number of carbonyl (C=O) groups is 2. The van der Waals surface area contributed by atoms with E-state index >= 15 is 0 Å². The molecule has 1 aliphatic rings. The zero-order valence-electron chi connectivity index (χ0n) is 19.5. The zero-order valence-corrected chi connectivity index (χ0v) is 19.5. The second-order valence-corrected chi connectivity index (χ2v) is 8.67. The van der Waals surface area contributed by atoms with Crippen LogP contribution >= 0.6 is 0 Å². The van der Waals surface area contributed by atoms with Crippen LogP contribution in [0.4, 0.5) is 0 Å². The summed E-state index contributed by atoms with van der Waals surface area (Å²) in [5, 5.41) is 10.2. The summed E-state index contributed by atoms with van der Waals surface area (Å²) in [4.78, 5) is 29.6. The van der Waals surface area contributed by atoms with Crippen molar-refractivity contribution in [3.63, 3.8) is 0 Å². The number of hydrogen-bond acceptors (Lipinski definition) is 7. The summed E-state index contributed by atoms with van der Waals surface area (Å²) in [6.45, 7) is 3.58. The molecular formula is C26H33NO6.